The van der Waals surface area contributed by atoms with Gasteiger partial charge in [-0.2, -0.15) is 0 Å². The van der Waals surface area contributed by atoms with Gasteiger partial charge in [0.1, 0.15) is 5.76 Å². The highest BCUT2D eigenvalue weighted by Gasteiger charge is 2.25. The Morgan fingerprint density at radius 3 is 3.04 bits per heavy atom. The van der Waals surface area contributed by atoms with Crippen molar-refractivity contribution in [1.82, 2.24) is 15.0 Å². The van der Waals surface area contributed by atoms with Gasteiger partial charge in [-0.1, -0.05) is 18.1 Å². The lowest BCUT2D eigenvalue weighted by molar-refractivity contribution is 0.0496. The standard InChI is InChI=1S/C18H23N3O3/c1-2-6-15-11-17(20-24-15)18(22)21(13-16-8-5-10-23-16)12-14-7-3-4-9-19-14/h3-4,7,9,11,16H,2,5-6,8,10,12-13H2,1H3/t16-/m0/s1. The molecular weight excluding hydrogens is 306 g/mol. The van der Waals surface area contributed by atoms with E-state index in [2.05, 4.69) is 17.1 Å². The molecule has 2 aromatic rings. The maximum absolute atomic E-state index is 12.9. The molecule has 1 saturated heterocycles. The fourth-order valence-electron chi connectivity index (χ4n) is 2.88. The van der Waals surface area contributed by atoms with Crippen LogP contribution in [0.15, 0.2) is 35.0 Å². The number of aryl methyl sites for hydroxylation is 1. The predicted molar refractivity (Wildman–Crippen MR) is 88.4 cm³/mol. The number of carbonyl (C=O) groups is 1. The summed E-state index contributed by atoms with van der Waals surface area (Å²) in [6.45, 7) is 3.82. The molecule has 0 aromatic carbocycles. The van der Waals surface area contributed by atoms with Crippen LogP contribution in [0.2, 0.25) is 0 Å². The Kier molecular flexibility index (Phi) is 5.59. The monoisotopic (exact) mass is 329 g/mol. The molecule has 0 aliphatic carbocycles. The van der Waals surface area contributed by atoms with Crippen molar-refractivity contribution in [2.75, 3.05) is 13.2 Å². The zero-order chi connectivity index (χ0) is 16.8. The second-order valence-electron chi connectivity index (χ2n) is 6.07. The van der Waals surface area contributed by atoms with Crippen LogP contribution in [0.4, 0.5) is 0 Å². The van der Waals surface area contributed by atoms with E-state index in [-0.39, 0.29) is 12.0 Å². The van der Waals surface area contributed by atoms with E-state index in [9.17, 15) is 4.79 Å². The molecule has 1 amide bonds. The van der Waals surface area contributed by atoms with Crippen LogP contribution in [0.1, 0.15) is 48.1 Å². The molecule has 0 saturated carbocycles. The van der Waals surface area contributed by atoms with Crippen LogP contribution in [-0.4, -0.2) is 40.2 Å². The van der Waals surface area contributed by atoms with Gasteiger partial charge in [-0.25, -0.2) is 0 Å². The minimum atomic E-state index is -0.137. The molecule has 0 bridgehead atoms. The van der Waals surface area contributed by atoms with E-state index in [4.69, 9.17) is 9.26 Å². The van der Waals surface area contributed by atoms with Gasteiger partial charge in [0.25, 0.3) is 5.91 Å². The van der Waals surface area contributed by atoms with Crippen LogP contribution < -0.4 is 0 Å². The van der Waals surface area contributed by atoms with Gasteiger partial charge in [0.15, 0.2) is 5.69 Å². The SMILES string of the molecule is CCCc1cc(C(=O)N(Cc2ccccn2)C[C@@H]2CCCO2)no1. The van der Waals surface area contributed by atoms with Crippen molar-refractivity contribution in [3.8, 4) is 0 Å². The Balaban J connectivity index is 1.75. The summed E-state index contributed by atoms with van der Waals surface area (Å²) < 4.78 is 10.9. The van der Waals surface area contributed by atoms with Crippen LogP contribution in [0.5, 0.6) is 0 Å². The van der Waals surface area contributed by atoms with Gasteiger partial charge in [-0.05, 0) is 31.4 Å². The zero-order valence-electron chi connectivity index (χ0n) is 14.0. The highest BCUT2D eigenvalue weighted by atomic mass is 16.5. The van der Waals surface area contributed by atoms with Crippen molar-refractivity contribution in [3.05, 3.63) is 47.6 Å². The van der Waals surface area contributed by atoms with Crippen LogP contribution in [0, 0.1) is 0 Å². The Bertz CT molecular complexity index is 651. The molecular formula is C18H23N3O3. The first kappa shape index (κ1) is 16.6. The second-order valence-corrected chi connectivity index (χ2v) is 6.07. The summed E-state index contributed by atoms with van der Waals surface area (Å²) in [6, 6.07) is 7.45. The lowest BCUT2D eigenvalue weighted by atomic mass is 10.2. The molecule has 6 heteroatoms. The third kappa shape index (κ3) is 4.20. The first-order chi connectivity index (χ1) is 11.8. The third-order valence-corrected chi connectivity index (χ3v) is 4.09. The number of pyridine rings is 1. The van der Waals surface area contributed by atoms with E-state index in [0.29, 0.717) is 18.8 Å². The smallest absolute Gasteiger partial charge is 0.276 e. The normalized spacial score (nSPS) is 17.1. The van der Waals surface area contributed by atoms with E-state index in [1.54, 1.807) is 17.2 Å². The van der Waals surface area contributed by atoms with Crippen molar-refractivity contribution < 1.29 is 14.1 Å². The number of rotatable bonds is 7. The molecule has 3 heterocycles. The fraction of sp³-hybridized carbons (Fsp3) is 0.500. The number of ether oxygens (including phenoxy) is 1. The fourth-order valence-corrected chi connectivity index (χ4v) is 2.88. The average molecular weight is 329 g/mol. The molecule has 0 N–H and O–H groups in total. The molecule has 24 heavy (non-hydrogen) atoms. The number of aromatic nitrogens is 2. The number of hydrogen-bond donors (Lipinski definition) is 0. The maximum atomic E-state index is 12.9. The highest BCUT2D eigenvalue weighted by Crippen LogP contribution is 2.17. The number of amides is 1. The molecule has 0 radical (unpaired) electrons. The van der Waals surface area contributed by atoms with Gasteiger partial charge >= 0.3 is 0 Å². The van der Waals surface area contributed by atoms with Crippen molar-refractivity contribution in [2.45, 2.75) is 45.3 Å². The summed E-state index contributed by atoms with van der Waals surface area (Å²) >= 11 is 0. The number of hydrogen-bond acceptors (Lipinski definition) is 5. The quantitative estimate of drug-likeness (QED) is 0.781. The molecule has 1 aliphatic heterocycles. The molecule has 1 fully saturated rings. The third-order valence-electron chi connectivity index (χ3n) is 4.09. The van der Waals surface area contributed by atoms with Gasteiger partial charge in [-0.3, -0.25) is 9.78 Å². The number of nitrogens with zero attached hydrogens (tertiary/aromatic N) is 3. The highest BCUT2D eigenvalue weighted by molar-refractivity contribution is 5.92. The number of carbonyl (C=O) groups excluding carboxylic acids is 1. The maximum Gasteiger partial charge on any atom is 0.276 e. The molecule has 0 spiro atoms. The molecule has 3 rings (SSSR count). The largest absolute Gasteiger partial charge is 0.376 e. The Hall–Kier alpha value is -2.21. The van der Waals surface area contributed by atoms with Gasteiger partial charge in [0.05, 0.1) is 18.3 Å². The minimum Gasteiger partial charge on any atom is -0.376 e. The molecule has 1 aliphatic rings. The second kappa shape index (κ2) is 8.06. The van der Waals surface area contributed by atoms with Gasteiger partial charge in [-0.15, -0.1) is 0 Å². The van der Waals surface area contributed by atoms with E-state index >= 15 is 0 Å². The Morgan fingerprint density at radius 2 is 2.33 bits per heavy atom. The van der Waals surface area contributed by atoms with Crippen LogP contribution in [-0.2, 0) is 17.7 Å². The van der Waals surface area contributed by atoms with Crippen LogP contribution >= 0.6 is 0 Å². The van der Waals surface area contributed by atoms with E-state index in [1.807, 2.05) is 18.2 Å². The zero-order valence-corrected chi connectivity index (χ0v) is 14.0. The molecule has 1 atom stereocenters. The van der Waals surface area contributed by atoms with Crippen molar-refractivity contribution in [3.63, 3.8) is 0 Å². The summed E-state index contributed by atoms with van der Waals surface area (Å²) in [4.78, 5) is 19.0. The van der Waals surface area contributed by atoms with E-state index < -0.39 is 0 Å². The topological polar surface area (TPSA) is 68.5 Å². The van der Waals surface area contributed by atoms with Crippen molar-refractivity contribution >= 4 is 5.91 Å². The summed E-state index contributed by atoms with van der Waals surface area (Å²) in [7, 11) is 0. The Labute approximate surface area is 141 Å². The molecule has 0 unspecified atom stereocenters. The summed E-state index contributed by atoms with van der Waals surface area (Å²) in [5, 5.41) is 3.94. The molecule has 2 aromatic heterocycles. The lowest BCUT2D eigenvalue weighted by Gasteiger charge is -2.24. The summed E-state index contributed by atoms with van der Waals surface area (Å²) in [5.74, 6) is 0.609. The van der Waals surface area contributed by atoms with Crippen molar-refractivity contribution in [2.24, 2.45) is 0 Å². The first-order valence-corrected chi connectivity index (χ1v) is 8.52. The van der Waals surface area contributed by atoms with E-state index in [0.717, 1.165) is 43.7 Å². The first-order valence-electron chi connectivity index (χ1n) is 8.52. The van der Waals surface area contributed by atoms with Crippen LogP contribution in [0.25, 0.3) is 0 Å². The van der Waals surface area contributed by atoms with Gasteiger partial charge in [0, 0.05) is 31.8 Å². The predicted octanol–water partition coefficient (Wildman–Crippen LogP) is 2.84. The van der Waals surface area contributed by atoms with Crippen molar-refractivity contribution in [1.29, 1.82) is 0 Å². The average Bonchev–Trinajstić information content (AvgIpc) is 3.27. The van der Waals surface area contributed by atoms with Gasteiger partial charge in [0.2, 0.25) is 0 Å². The minimum absolute atomic E-state index is 0.0830. The summed E-state index contributed by atoms with van der Waals surface area (Å²) in [5.41, 5.74) is 1.20. The lowest BCUT2D eigenvalue weighted by Crippen LogP contribution is -2.37. The van der Waals surface area contributed by atoms with Crippen LogP contribution in [0.3, 0.4) is 0 Å². The Morgan fingerprint density at radius 1 is 1.42 bits per heavy atom. The molecule has 128 valence electrons. The van der Waals surface area contributed by atoms with Gasteiger partial charge < -0.3 is 14.2 Å². The van der Waals surface area contributed by atoms with E-state index in [1.165, 1.54) is 0 Å². The molecule has 6 nitrogen and oxygen atoms in total. The summed E-state index contributed by atoms with van der Waals surface area (Å²) in [6.07, 6.45) is 5.58.